The van der Waals surface area contributed by atoms with E-state index in [1.807, 2.05) is 26.0 Å². The lowest BCUT2D eigenvalue weighted by atomic mass is 10.1. The Morgan fingerprint density at radius 1 is 0.733 bits per heavy atom. The number of carbonyl (C=O) groups excluding carboxylic acids is 2. The monoisotopic (exact) mass is 402 g/mol. The second-order valence-corrected chi connectivity index (χ2v) is 6.84. The first-order valence-electron chi connectivity index (χ1n) is 10.1. The van der Waals surface area contributed by atoms with E-state index in [2.05, 4.69) is 12.1 Å². The molecule has 2 rings (SSSR count). The molecular formula is C24H26N4O2. The van der Waals surface area contributed by atoms with Crippen LogP contribution >= 0.6 is 0 Å². The van der Waals surface area contributed by atoms with E-state index >= 15 is 0 Å². The normalized spacial score (nSPS) is 12.1. The number of benzene rings is 2. The van der Waals surface area contributed by atoms with Gasteiger partial charge >= 0.3 is 0 Å². The summed E-state index contributed by atoms with van der Waals surface area (Å²) in [5.41, 5.74) is 0.971. The molecule has 0 aliphatic carbocycles. The zero-order chi connectivity index (χ0) is 21.9. The van der Waals surface area contributed by atoms with E-state index in [0.717, 1.165) is 0 Å². The van der Waals surface area contributed by atoms with Crippen LogP contribution in [-0.4, -0.2) is 46.8 Å². The molecule has 0 fully saturated rings. The number of hydrogen-bond acceptors (Lipinski definition) is 4. The zero-order valence-corrected chi connectivity index (χ0v) is 17.4. The minimum atomic E-state index is -0.617. The molecule has 2 aromatic rings. The van der Waals surface area contributed by atoms with E-state index in [1.54, 1.807) is 48.5 Å². The van der Waals surface area contributed by atoms with Gasteiger partial charge in [0.2, 0.25) is 0 Å². The van der Waals surface area contributed by atoms with Crippen LogP contribution in [0, 0.1) is 22.7 Å². The van der Waals surface area contributed by atoms with Gasteiger partial charge in [-0.25, -0.2) is 0 Å². The summed E-state index contributed by atoms with van der Waals surface area (Å²) >= 11 is 0. The molecule has 30 heavy (non-hydrogen) atoms. The molecule has 0 bridgehead atoms. The predicted molar refractivity (Wildman–Crippen MR) is 114 cm³/mol. The molecule has 154 valence electrons. The van der Waals surface area contributed by atoms with Crippen LogP contribution in [0.25, 0.3) is 0 Å². The van der Waals surface area contributed by atoms with Gasteiger partial charge in [-0.1, -0.05) is 50.2 Å². The topological polar surface area (TPSA) is 88.2 Å². The Kier molecular flexibility index (Phi) is 8.59. The minimum Gasteiger partial charge on any atom is -0.321 e. The molecule has 0 aliphatic heterocycles. The van der Waals surface area contributed by atoms with Crippen LogP contribution in [0.1, 0.15) is 47.4 Å². The molecule has 0 radical (unpaired) electrons. The van der Waals surface area contributed by atoms with Crippen molar-refractivity contribution in [1.29, 1.82) is 10.5 Å². The van der Waals surface area contributed by atoms with E-state index in [4.69, 9.17) is 0 Å². The lowest BCUT2D eigenvalue weighted by Crippen LogP contribution is -2.48. The Hall–Kier alpha value is -3.64. The third-order valence-electron chi connectivity index (χ3n) is 4.97. The lowest BCUT2D eigenvalue weighted by molar-refractivity contribution is 0.0603. The van der Waals surface area contributed by atoms with E-state index in [0.29, 0.717) is 24.0 Å². The SMILES string of the molecule is CC[C@@H](C#N)N(CCN(C(=O)c1ccccc1)[C@@H](C#N)CC)C(=O)c1ccccc1. The number of hydrogen-bond donors (Lipinski definition) is 0. The fraction of sp³-hybridized carbons (Fsp3) is 0.333. The van der Waals surface area contributed by atoms with Crippen molar-refractivity contribution >= 4 is 11.8 Å². The molecule has 6 nitrogen and oxygen atoms in total. The zero-order valence-electron chi connectivity index (χ0n) is 17.4. The van der Waals surface area contributed by atoms with Crippen LogP contribution in [0.5, 0.6) is 0 Å². The summed E-state index contributed by atoms with van der Waals surface area (Å²) in [5, 5.41) is 19.1. The van der Waals surface area contributed by atoms with Gasteiger partial charge < -0.3 is 9.80 Å². The van der Waals surface area contributed by atoms with Gasteiger partial charge in [0, 0.05) is 24.2 Å². The van der Waals surface area contributed by atoms with Crippen molar-refractivity contribution in [2.75, 3.05) is 13.1 Å². The number of nitrogens with zero attached hydrogens (tertiary/aromatic N) is 4. The Bertz CT molecular complexity index is 838. The number of rotatable bonds is 9. The third-order valence-corrected chi connectivity index (χ3v) is 4.97. The van der Waals surface area contributed by atoms with Crippen LogP contribution in [0.4, 0.5) is 0 Å². The summed E-state index contributed by atoms with van der Waals surface area (Å²) in [6.45, 7) is 4.01. The first-order valence-corrected chi connectivity index (χ1v) is 10.1. The smallest absolute Gasteiger partial charge is 0.254 e. The van der Waals surface area contributed by atoms with Gasteiger partial charge in [0.05, 0.1) is 12.1 Å². The lowest BCUT2D eigenvalue weighted by Gasteiger charge is -2.32. The van der Waals surface area contributed by atoms with Crippen molar-refractivity contribution < 1.29 is 9.59 Å². The molecule has 6 heteroatoms. The maximum Gasteiger partial charge on any atom is 0.254 e. The molecule has 0 heterocycles. The maximum absolute atomic E-state index is 13.1. The quantitative estimate of drug-likeness (QED) is 0.637. The largest absolute Gasteiger partial charge is 0.321 e. The van der Waals surface area contributed by atoms with Crippen LogP contribution in [0.15, 0.2) is 60.7 Å². The highest BCUT2D eigenvalue weighted by Crippen LogP contribution is 2.15. The maximum atomic E-state index is 13.1. The third kappa shape index (κ3) is 5.46. The van der Waals surface area contributed by atoms with Crippen LogP contribution in [-0.2, 0) is 0 Å². The van der Waals surface area contributed by atoms with Gasteiger partial charge in [-0.2, -0.15) is 10.5 Å². The summed E-state index contributed by atoms with van der Waals surface area (Å²) < 4.78 is 0. The van der Waals surface area contributed by atoms with Crippen molar-refractivity contribution in [3.63, 3.8) is 0 Å². The van der Waals surface area contributed by atoms with Crippen LogP contribution in [0.3, 0.4) is 0 Å². The molecule has 0 saturated carbocycles. The summed E-state index contributed by atoms with van der Waals surface area (Å²) in [6, 6.07) is 20.7. The van der Waals surface area contributed by atoms with E-state index in [9.17, 15) is 20.1 Å². The van der Waals surface area contributed by atoms with Crippen molar-refractivity contribution in [3.05, 3.63) is 71.8 Å². The summed E-state index contributed by atoms with van der Waals surface area (Å²) in [4.78, 5) is 29.1. The van der Waals surface area contributed by atoms with Gasteiger partial charge in [0.1, 0.15) is 12.1 Å². The second kappa shape index (κ2) is 11.4. The first kappa shape index (κ1) is 22.6. The Morgan fingerprint density at radius 3 is 1.33 bits per heavy atom. The highest BCUT2D eigenvalue weighted by Gasteiger charge is 2.28. The van der Waals surface area contributed by atoms with Crippen molar-refractivity contribution in [2.45, 2.75) is 38.8 Å². The van der Waals surface area contributed by atoms with Crippen molar-refractivity contribution in [3.8, 4) is 12.1 Å². The fourth-order valence-corrected chi connectivity index (χ4v) is 3.27. The molecule has 2 amide bonds. The van der Waals surface area contributed by atoms with Gasteiger partial charge in [-0.3, -0.25) is 9.59 Å². The molecule has 0 aliphatic rings. The van der Waals surface area contributed by atoms with Crippen LogP contribution < -0.4 is 0 Å². The summed E-state index contributed by atoms with van der Waals surface area (Å²) in [5.74, 6) is -0.526. The standard InChI is InChI=1S/C24H26N4O2/c1-3-21(17-25)27(23(29)19-11-7-5-8-12-19)15-16-28(22(4-2)18-26)24(30)20-13-9-6-10-14-20/h5-14,21-22H,3-4,15-16H2,1-2H3/t21-,22+. The first-order chi connectivity index (χ1) is 14.6. The highest BCUT2D eigenvalue weighted by atomic mass is 16.2. The van der Waals surface area contributed by atoms with Gasteiger partial charge in [-0.05, 0) is 37.1 Å². The van der Waals surface area contributed by atoms with E-state index in [-0.39, 0.29) is 24.9 Å². The molecule has 0 aromatic heterocycles. The fourth-order valence-electron chi connectivity index (χ4n) is 3.27. The molecule has 0 unspecified atom stereocenters. The van der Waals surface area contributed by atoms with E-state index in [1.165, 1.54) is 9.80 Å². The molecule has 2 atom stereocenters. The average molecular weight is 402 g/mol. The van der Waals surface area contributed by atoms with Crippen LogP contribution in [0.2, 0.25) is 0 Å². The number of nitriles is 2. The highest BCUT2D eigenvalue weighted by molar-refractivity contribution is 5.95. The average Bonchev–Trinajstić information content (AvgIpc) is 2.81. The Morgan fingerprint density at radius 2 is 1.07 bits per heavy atom. The second-order valence-electron chi connectivity index (χ2n) is 6.84. The molecule has 0 saturated heterocycles. The Balaban J connectivity index is 2.30. The summed E-state index contributed by atoms with van der Waals surface area (Å²) in [6.07, 6.45) is 0.939. The molecule has 0 N–H and O–H groups in total. The van der Waals surface area contributed by atoms with Gasteiger partial charge in [0.15, 0.2) is 0 Å². The Labute approximate surface area is 177 Å². The number of amides is 2. The van der Waals surface area contributed by atoms with Crippen molar-refractivity contribution in [1.82, 2.24) is 9.80 Å². The van der Waals surface area contributed by atoms with Gasteiger partial charge in [-0.15, -0.1) is 0 Å². The predicted octanol–water partition coefficient (Wildman–Crippen LogP) is 3.88. The van der Waals surface area contributed by atoms with Crippen molar-refractivity contribution in [2.24, 2.45) is 0 Å². The summed E-state index contributed by atoms with van der Waals surface area (Å²) in [7, 11) is 0. The molecular weight excluding hydrogens is 376 g/mol. The molecule has 0 spiro atoms. The number of carbonyl (C=O) groups is 2. The molecule has 2 aromatic carbocycles. The minimum absolute atomic E-state index is 0.163. The van der Waals surface area contributed by atoms with E-state index < -0.39 is 12.1 Å². The van der Waals surface area contributed by atoms with Gasteiger partial charge in [0.25, 0.3) is 11.8 Å².